The van der Waals surface area contributed by atoms with Crippen molar-refractivity contribution in [1.29, 1.82) is 0 Å². The Balaban J connectivity index is 1.67. The van der Waals surface area contributed by atoms with Crippen LogP contribution in [-0.2, 0) is 4.74 Å². The van der Waals surface area contributed by atoms with Gasteiger partial charge in [0, 0.05) is 6.61 Å². The molecule has 1 aliphatic carbocycles. The molecule has 2 heterocycles. The van der Waals surface area contributed by atoms with E-state index in [9.17, 15) is 5.11 Å². The van der Waals surface area contributed by atoms with Crippen LogP contribution >= 0.6 is 11.8 Å². The van der Waals surface area contributed by atoms with Crippen LogP contribution in [0.15, 0.2) is 0 Å². The Morgan fingerprint density at radius 1 is 1.00 bits per heavy atom. The van der Waals surface area contributed by atoms with Crippen LogP contribution in [0.1, 0.15) is 65.2 Å². The molecule has 1 atom stereocenters. The molecule has 1 spiro atoms. The molecule has 3 fully saturated rings. The zero-order chi connectivity index (χ0) is 14.3. The van der Waals surface area contributed by atoms with E-state index >= 15 is 0 Å². The zero-order valence-electron chi connectivity index (χ0n) is 13.1. The van der Waals surface area contributed by atoms with Gasteiger partial charge in [-0.25, -0.2) is 0 Å². The van der Waals surface area contributed by atoms with Crippen molar-refractivity contribution in [2.24, 2.45) is 11.3 Å². The highest BCUT2D eigenvalue weighted by Crippen LogP contribution is 2.49. The van der Waals surface area contributed by atoms with Crippen LogP contribution in [0.3, 0.4) is 0 Å². The Kier molecular flexibility index (Phi) is 4.16. The van der Waals surface area contributed by atoms with Gasteiger partial charge in [-0.15, -0.1) is 0 Å². The van der Waals surface area contributed by atoms with Gasteiger partial charge in [0.2, 0.25) is 0 Å². The normalized spacial score (nSPS) is 35.9. The topological polar surface area (TPSA) is 29.5 Å². The number of hydrogen-bond acceptors (Lipinski definition) is 3. The maximum absolute atomic E-state index is 11.2. The Bertz CT molecular complexity index is 331. The molecule has 20 heavy (non-hydrogen) atoms. The van der Waals surface area contributed by atoms with Crippen molar-refractivity contribution in [3.63, 3.8) is 0 Å². The molecule has 1 unspecified atom stereocenters. The monoisotopic (exact) mass is 298 g/mol. The number of rotatable bonds is 1. The molecule has 0 bridgehead atoms. The maximum atomic E-state index is 11.2. The van der Waals surface area contributed by atoms with E-state index in [1.165, 1.54) is 37.2 Å². The van der Waals surface area contributed by atoms with E-state index in [0.29, 0.717) is 11.3 Å². The first kappa shape index (κ1) is 15.2. The van der Waals surface area contributed by atoms with Gasteiger partial charge in [-0.3, -0.25) is 0 Å². The Morgan fingerprint density at radius 2 is 1.65 bits per heavy atom. The highest BCUT2D eigenvalue weighted by atomic mass is 32.2. The van der Waals surface area contributed by atoms with E-state index in [2.05, 4.69) is 25.6 Å². The van der Waals surface area contributed by atoms with Crippen LogP contribution in [0.2, 0.25) is 0 Å². The van der Waals surface area contributed by atoms with Gasteiger partial charge in [0.15, 0.2) is 0 Å². The molecule has 0 aromatic heterocycles. The maximum Gasteiger partial charge on any atom is 0.0702 e. The molecular formula is C17H30O2S. The van der Waals surface area contributed by atoms with Gasteiger partial charge in [0.05, 0.1) is 11.2 Å². The fourth-order valence-corrected chi connectivity index (χ4v) is 5.58. The summed E-state index contributed by atoms with van der Waals surface area (Å²) in [5.74, 6) is 2.94. The minimum Gasteiger partial charge on any atom is -0.390 e. The van der Waals surface area contributed by atoms with Crippen LogP contribution in [0.25, 0.3) is 0 Å². The second-order valence-corrected chi connectivity index (χ2v) is 9.33. The molecule has 0 radical (unpaired) electrons. The summed E-state index contributed by atoms with van der Waals surface area (Å²) in [5.41, 5.74) is 0.129. The molecule has 0 amide bonds. The molecule has 116 valence electrons. The van der Waals surface area contributed by atoms with E-state index in [4.69, 9.17) is 4.74 Å². The predicted molar refractivity (Wildman–Crippen MR) is 85.2 cm³/mol. The van der Waals surface area contributed by atoms with Crippen LogP contribution in [0.5, 0.6) is 0 Å². The number of ether oxygens (including phenoxy) is 1. The molecule has 3 aliphatic rings. The summed E-state index contributed by atoms with van der Waals surface area (Å²) in [6.07, 6.45) is 8.88. The average molecular weight is 298 g/mol. The van der Waals surface area contributed by atoms with Gasteiger partial charge in [-0.05, 0) is 74.2 Å². The molecule has 1 saturated carbocycles. The third-order valence-corrected chi connectivity index (χ3v) is 7.11. The third kappa shape index (κ3) is 3.05. The summed E-state index contributed by atoms with van der Waals surface area (Å²) < 4.78 is 6.19. The van der Waals surface area contributed by atoms with Gasteiger partial charge < -0.3 is 9.84 Å². The molecule has 3 rings (SSSR count). The van der Waals surface area contributed by atoms with Gasteiger partial charge >= 0.3 is 0 Å². The number of hydrogen-bond donors (Lipinski definition) is 1. The molecule has 3 heteroatoms. The van der Waals surface area contributed by atoms with Crippen LogP contribution in [0.4, 0.5) is 0 Å². The lowest BCUT2D eigenvalue weighted by molar-refractivity contribution is -0.160. The highest BCUT2D eigenvalue weighted by molar-refractivity contribution is 7.99. The molecule has 0 aromatic rings. The van der Waals surface area contributed by atoms with Crippen molar-refractivity contribution >= 4 is 11.8 Å². The second kappa shape index (κ2) is 5.48. The highest BCUT2D eigenvalue weighted by Gasteiger charge is 2.48. The first-order chi connectivity index (χ1) is 9.43. The third-order valence-electron chi connectivity index (χ3n) is 6.13. The Hall–Kier alpha value is 0.270. The summed E-state index contributed by atoms with van der Waals surface area (Å²) >= 11 is 2.06. The van der Waals surface area contributed by atoms with Gasteiger partial charge in [0.25, 0.3) is 0 Å². The van der Waals surface area contributed by atoms with E-state index in [1.807, 2.05) is 0 Å². The first-order valence-corrected chi connectivity index (χ1v) is 9.53. The Labute approximate surface area is 128 Å². The van der Waals surface area contributed by atoms with Crippen LogP contribution in [-0.4, -0.2) is 34.4 Å². The van der Waals surface area contributed by atoms with Crippen molar-refractivity contribution in [2.75, 3.05) is 18.1 Å². The van der Waals surface area contributed by atoms with E-state index in [1.54, 1.807) is 0 Å². The van der Waals surface area contributed by atoms with E-state index in [-0.39, 0.29) is 5.60 Å². The van der Waals surface area contributed by atoms with Crippen molar-refractivity contribution < 1.29 is 9.84 Å². The molecule has 0 aromatic carbocycles. The van der Waals surface area contributed by atoms with Crippen LogP contribution in [0, 0.1) is 11.3 Å². The Morgan fingerprint density at radius 3 is 2.30 bits per heavy atom. The van der Waals surface area contributed by atoms with Gasteiger partial charge in [-0.1, -0.05) is 13.8 Å². The van der Waals surface area contributed by atoms with Crippen molar-refractivity contribution in [3.8, 4) is 0 Å². The van der Waals surface area contributed by atoms with E-state index in [0.717, 1.165) is 32.3 Å². The van der Waals surface area contributed by atoms with Crippen LogP contribution < -0.4 is 0 Å². The summed E-state index contributed by atoms with van der Waals surface area (Å²) in [5, 5.41) is 11.2. The summed E-state index contributed by atoms with van der Waals surface area (Å²) in [6.45, 7) is 5.55. The average Bonchev–Trinajstić information content (AvgIpc) is 2.44. The van der Waals surface area contributed by atoms with Crippen molar-refractivity contribution in [2.45, 2.75) is 76.4 Å². The number of thioether (sulfide) groups is 1. The lowest BCUT2D eigenvalue weighted by Gasteiger charge is -2.51. The minimum atomic E-state index is -0.406. The molecular weight excluding hydrogens is 268 g/mol. The fraction of sp³-hybridized carbons (Fsp3) is 1.00. The van der Waals surface area contributed by atoms with Crippen molar-refractivity contribution in [1.82, 2.24) is 0 Å². The molecule has 2 nitrogen and oxygen atoms in total. The minimum absolute atomic E-state index is 0.108. The summed E-state index contributed by atoms with van der Waals surface area (Å²) in [4.78, 5) is 0. The standard InChI is InChI=1S/C17H30O2S/c1-15(2)4-6-17(18,7-5-15)14-3-10-19-16(13-14)8-11-20-12-9-16/h14,18H,3-13H2,1-2H3. The quantitative estimate of drug-likeness (QED) is 0.793. The first-order valence-electron chi connectivity index (χ1n) is 8.37. The lowest BCUT2D eigenvalue weighted by Crippen LogP contribution is -2.51. The summed E-state index contributed by atoms with van der Waals surface area (Å²) in [6, 6.07) is 0. The largest absolute Gasteiger partial charge is 0.390 e. The van der Waals surface area contributed by atoms with Crippen molar-refractivity contribution in [3.05, 3.63) is 0 Å². The zero-order valence-corrected chi connectivity index (χ0v) is 13.9. The van der Waals surface area contributed by atoms with Gasteiger partial charge in [0.1, 0.15) is 0 Å². The van der Waals surface area contributed by atoms with Gasteiger partial charge in [-0.2, -0.15) is 11.8 Å². The summed E-state index contributed by atoms with van der Waals surface area (Å²) in [7, 11) is 0. The molecule has 1 N–H and O–H groups in total. The smallest absolute Gasteiger partial charge is 0.0702 e. The fourth-order valence-electron chi connectivity index (χ4n) is 4.35. The second-order valence-electron chi connectivity index (χ2n) is 8.10. The number of aliphatic hydroxyl groups is 1. The lowest BCUT2D eigenvalue weighted by atomic mass is 9.63. The predicted octanol–water partition coefficient (Wildman–Crippen LogP) is 4.01. The van der Waals surface area contributed by atoms with E-state index < -0.39 is 5.60 Å². The SMILES string of the molecule is CC1(C)CCC(O)(C2CCOC3(CCSCC3)C2)CC1. The molecule has 2 aliphatic heterocycles. The molecule has 2 saturated heterocycles.